The average Bonchev–Trinajstić information content (AvgIpc) is 2.39. The van der Waals surface area contributed by atoms with Gasteiger partial charge in [-0.25, -0.2) is 9.18 Å². The van der Waals surface area contributed by atoms with Crippen molar-refractivity contribution < 1.29 is 18.7 Å². The summed E-state index contributed by atoms with van der Waals surface area (Å²) in [5.41, 5.74) is 5.15. The quantitative estimate of drug-likeness (QED) is 0.460. The summed E-state index contributed by atoms with van der Waals surface area (Å²) >= 11 is 0. The average molecular weight is 265 g/mol. The molecular weight excluding hydrogens is 253 g/mol. The van der Waals surface area contributed by atoms with Gasteiger partial charge in [0.1, 0.15) is 5.82 Å². The molecule has 0 bridgehead atoms. The van der Waals surface area contributed by atoms with Crippen molar-refractivity contribution in [3.05, 3.63) is 29.6 Å². The SMILES string of the molecule is N#CCCNC(=O)COC(=O)c1ccc(N)c(F)c1. The fourth-order valence-electron chi connectivity index (χ4n) is 1.18. The molecule has 0 heterocycles. The first-order valence-electron chi connectivity index (χ1n) is 5.40. The van der Waals surface area contributed by atoms with Crippen molar-refractivity contribution in [2.75, 3.05) is 18.9 Å². The highest BCUT2D eigenvalue weighted by atomic mass is 19.1. The second-order valence-electron chi connectivity index (χ2n) is 3.57. The van der Waals surface area contributed by atoms with E-state index in [1.165, 1.54) is 12.1 Å². The van der Waals surface area contributed by atoms with Gasteiger partial charge in [0, 0.05) is 6.54 Å². The molecule has 0 fully saturated rings. The third-order valence-corrected chi connectivity index (χ3v) is 2.13. The number of ether oxygens (including phenoxy) is 1. The lowest BCUT2D eigenvalue weighted by Crippen LogP contribution is -2.29. The molecule has 0 atom stereocenters. The Morgan fingerprint density at radius 1 is 1.47 bits per heavy atom. The first kappa shape index (κ1) is 14.4. The zero-order chi connectivity index (χ0) is 14.3. The van der Waals surface area contributed by atoms with E-state index >= 15 is 0 Å². The molecule has 0 aliphatic carbocycles. The molecule has 7 heteroatoms. The summed E-state index contributed by atoms with van der Waals surface area (Å²) in [6.45, 7) is -0.306. The van der Waals surface area contributed by atoms with Crippen LogP contribution in [0.1, 0.15) is 16.8 Å². The molecule has 19 heavy (non-hydrogen) atoms. The van der Waals surface area contributed by atoms with Gasteiger partial charge in [-0.15, -0.1) is 0 Å². The predicted molar refractivity (Wildman–Crippen MR) is 64.3 cm³/mol. The number of rotatable bonds is 5. The molecule has 1 amide bonds. The van der Waals surface area contributed by atoms with Gasteiger partial charge < -0.3 is 15.8 Å². The Kier molecular flexibility index (Phi) is 5.29. The van der Waals surface area contributed by atoms with Gasteiger partial charge in [-0.05, 0) is 18.2 Å². The standard InChI is InChI=1S/C12H12FN3O3/c13-9-6-8(2-3-10(9)15)12(18)19-7-11(17)16-5-1-4-14/h2-3,6H,1,5,7,15H2,(H,16,17). The van der Waals surface area contributed by atoms with E-state index in [1.54, 1.807) is 0 Å². The largest absolute Gasteiger partial charge is 0.452 e. The van der Waals surface area contributed by atoms with E-state index in [1.807, 2.05) is 6.07 Å². The Morgan fingerprint density at radius 2 is 2.21 bits per heavy atom. The van der Waals surface area contributed by atoms with E-state index in [0.717, 1.165) is 6.07 Å². The molecule has 1 aromatic rings. The van der Waals surface area contributed by atoms with Crippen LogP contribution in [0.25, 0.3) is 0 Å². The van der Waals surface area contributed by atoms with Crippen molar-refractivity contribution in [1.29, 1.82) is 5.26 Å². The van der Waals surface area contributed by atoms with Crippen LogP contribution in [0.15, 0.2) is 18.2 Å². The zero-order valence-electron chi connectivity index (χ0n) is 9.98. The Balaban J connectivity index is 2.45. The number of hydrogen-bond donors (Lipinski definition) is 2. The van der Waals surface area contributed by atoms with Gasteiger partial charge >= 0.3 is 5.97 Å². The normalized spacial score (nSPS) is 9.47. The zero-order valence-corrected chi connectivity index (χ0v) is 9.98. The van der Waals surface area contributed by atoms with Gasteiger partial charge in [0.15, 0.2) is 6.61 Å². The Bertz CT molecular complexity index is 525. The van der Waals surface area contributed by atoms with Crippen molar-refractivity contribution in [3.63, 3.8) is 0 Å². The minimum absolute atomic E-state index is 0.0310. The smallest absolute Gasteiger partial charge is 0.338 e. The van der Waals surface area contributed by atoms with Crippen molar-refractivity contribution in [2.45, 2.75) is 6.42 Å². The highest BCUT2D eigenvalue weighted by molar-refractivity contribution is 5.91. The summed E-state index contributed by atoms with van der Waals surface area (Å²) < 4.78 is 17.8. The van der Waals surface area contributed by atoms with Crippen LogP contribution < -0.4 is 11.1 Å². The molecule has 1 rings (SSSR count). The van der Waals surface area contributed by atoms with Crippen molar-refractivity contribution in [2.24, 2.45) is 0 Å². The van der Waals surface area contributed by atoms with Gasteiger partial charge in [0.05, 0.1) is 23.7 Å². The molecule has 0 unspecified atom stereocenters. The molecule has 0 radical (unpaired) electrons. The summed E-state index contributed by atoms with van der Waals surface area (Å²) in [5.74, 6) is -2.08. The molecule has 0 saturated heterocycles. The second kappa shape index (κ2) is 6.96. The van der Waals surface area contributed by atoms with Crippen LogP contribution in [0.4, 0.5) is 10.1 Å². The van der Waals surface area contributed by atoms with Crippen molar-refractivity contribution in [3.8, 4) is 6.07 Å². The Hall–Kier alpha value is -2.62. The highest BCUT2D eigenvalue weighted by Crippen LogP contribution is 2.12. The van der Waals surface area contributed by atoms with Gasteiger partial charge in [-0.1, -0.05) is 0 Å². The maximum absolute atomic E-state index is 13.1. The number of hydrogen-bond acceptors (Lipinski definition) is 5. The van der Waals surface area contributed by atoms with E-state index in [2.05, 4.69) is 10.1 Å². The number of nitriles is 1. The number of amides is 1. The maximum atomic E-state index is 13.1. The highest BCUT2D eigenvalue weighted by Gasteiger charge is 2.11. The van der Waals surface area contributed by atoms with E-state index in [-0.39, 0.29) is 24.2 Å². The lowest BCUT2D eigenvalue weighted by atomic mass is 10.2. The third kappa shape index (κ3) is 4.63. The molecule has 100 valence electrons. The molecule has 0 saturated carbocycles. The summed E-state index contributed by atoms with van der Waals surface area (Å²) in [5, 5.41) is 10.6. The number of esters is 1. The number of carbonyl (C=O) groups excluding carboxylic acids is 2. The van der Waals surface area contributed by atoms with Crippen LogP contribution in [0.3, 0.4) is 0 Å². The molecule has 0 aromatic heterocycles. The molecule has 6 nitrogen and oxygen atoms in total. The van der Waals surface area contributed by atoms with Crippen molar-refractivity contribution >= 4 is 17.6 Å². The van der Waals surface area contributed by atoms with Crippen LogP contribution in [0, 0.1) is 17.1 Å². The Morgan fingerprint density at radius 3 is 2.84 bits per heavy atom. The molecule has 0 spiro atoms. The summed E-state index contributed by atoms with van der Waals surface area (Å²) in [6.07, 6.45) is 0.170. The van der Waals surface area contributed by atoms with Gasteiger partial charge in [0.2, 0.25) is 0 Å². The summed E-state index contributed by atoms with van der Waals surface area (Å²) in [7, 11) is 0. The number of anilines is 1. The summed E-state index contributed by atoms with van der Waals surface area (Å²) in [6, 6.07) is 5.32. The lowest BCUT2D eigenvalue weighted by molar-refractivity contribution is -0.124. The first-order chi connectivity index (χ1) is 9.04. The minimum Gasteiger partial charge on any atom is -0.452 e. The fraction of sp³-hybridized carbons (Fsp3) is 0.250. The van der Waals surface area contributed by atoms with Crippen LogP contribution in [0.5, 0.6) is 0 Å². The third-order valence-electron chi connectivity index (χ3n) is 2.13. The second-order valence-corrected chi connectivity index (χ2v) is 3.57. The number of halogens is 1. The molecule has 1 aromatic carbocycles. The molecule has 0 aliphatic rings. The van der Waals surface area contributed by atoms with Gasteiger partial charge in [-0.2, -0.15) is 5.26 Å². The fourth-order valence-corrected chi connectivity index (χ4v) is 1.18. The van der Waals surface area contributed by atoms with Crippen LogP contribution in [-0.4, -0.2) is 25.0 Å². The number of nitrogen functional groups attached to an aromatic ring is 1. The van der Waals surface area contributed by atoms with Crippen LogP contribution in [0.2, 0.25) is 0 Å². The van der Waals surface area contributed by atoms with E-state index < -0.39 is 24.3 Å². The Labute approximate surface area is 109 Å². The molecule has 0 aliphatic heterocycles. The topological polar surface area (TPSA) is 105 Å². The van der Waals surface area contributed by atoms with Crippen LogP contribution >= 0.6 is 0 Å². The van der Waals surface area contributed by atoms with E-state index in [4.69, 9.17) is 11.0 Å². The van der Waals surface area contributed by atoms with E-state index in [9.17, 15) is 14.0 Å². The maximum Gasteiger partial charge on any atom is 0.338 e. The molecular formula is C12H12FN3O3. The van der Waals surface area contributed by atoms with Crippen molar-refractivity contribution in [1.82, 2.24) is 5.32 Å². The monoisotopic (exact) mass is 265 g/mol. The number of benzene rings is 1. The lowest BCUT2D eigenvalue weighted by Gasteiger charge is -2.06. The van der Waals surface area contributed by atoms with E-state index in [0.29, 0.717) is 0 Å². The number of nitrogens with zero attached hydrogens (tertiary/aromatic N) is 1. The number of nitrogens with one attached hydrogen (secondary N) is 1. The van der Waals surface area contributed by atoms with Gasteiger partial charge in [0.25, 0.3) is 5.91 Å². The van der Waals surface area contributed by atoms with Crippen LogP contribution in [-0.2, 0) is 9.53 Å². The number of nitrogens with two attached hydrogens (primary N) is 1. The minimum atomic E-state index is -0.825. The van der Waals surface area contributed by atoms with Gasteiger partial charge in [-0.3, -0.25) is 4.79 Å². The number of carbonyl (C=O) groups is 2. The summed E-state index contributed by atoms with van der Waals surface area (Å²) in [4.78, 5) is 22.7. The first-order valence-corrected chi connectivity index (χ1v) is 5.40. The molecule has 3 N–H and O–H groups in total. The predicted octanol–water partition coefficient (Wildman–Crippen LogP) is 0.595.